The molecule has 0 radical (unpaired) electrons. The number of aliphatic hydroxyl groups is 1. The van der Waals surface area contributed by atoms with Crippen molar-refractivity contribution in [3.05, 3.63) is 28.5 Å². The highest BCUT2D eigenvalue weighted by Crippen LogP contribution is 2.31. The fraction of sp³-hybridized carbons (Fsp3) is 0.500. The molecule has 2 atom stereocenters. The standard InChI is InChI=1S/C12H15BrFNO3S/c1-8-4-5-15(11(8)7-16)19(17,18)12-3-2-9(13)6-10(12)14/h2-3,6,8,11,16H,4-5,7H2,1H3. The third-order valence-corrected chi connectivity index (χ3v) is 5.95. The van der Waals surface area contributed by atoms with Crippen molar-refractivity contribution in [3.8, 4) is 0 Å². The molecule has 1 aromatic carbocycles. The van der Waals surface area contributed by atoms with Gasteiger partial charge in [0.1, 0.15) is 10.7 Å². The molecule has 1 aliphatic heterocycles. The lowest BCUT2D eigenvalue weighted by Gasteiger charge is -2.24. The number of hydrogen-bond acceptors (Lipinski definition) is 3. The Kier molecular flexibility index (Phi) is 4.29. The van der Waals surface area contributed by atoms with Crippen LogP contribution in [0.1, 0.15) is 13.3 Å². The highest BCUT2D eigenvalue weighted by atomic mass is 79.9. The molecule has 2 unspecified atom stereocenters. The molecule has 0 bridgehead atoms. The number of halogens is 2. The van der Waals surface area contributed by atoms with E-state index in [1.165, 1.54) is 16.4 Å². The second kappa shape index (κ2) is 5.47. The second-order valence-electron chi connectivity index (χ2n) is 4.71. The van der Waals surface area contributed by atoms with Crippen LogP contribution in [0, 0.1) is 11.7 Å². The Morgan fingerprint density at radius 2 is 2.21 bits per heavy atom. The van der Waals surface area contributed by atoms with Crippen LogP contribution in [0.4, 0.5) is 4.39 Å². The number of benzene rings is 1. The zero-order chi connectivity index (χ0) is 14.2. The van der Waals surface area contributed by atoms with Crippen LogP contribution in [0.25, 0.3) is 0 Å². The fourth-order valence-corrected chi connectivity index (χ4v) is 4.46. The molecule has 0 amide bonds. The maximum Gasteiger partial charge on any atom is 0.246 e. The van der Waals surface area contributed by atoms with Crippen LogP contribution in [-0.2, 0) is 10.0 Å². The van der Waals surface area contributed by atoms with E-state index < -0.39 is 21.9 Å². The number of hydrogen-bond donors (Lipinski definition) is 1. The van der Waals surface area contributed by atoms with Crippen molar-refractivity contribution < 1.29 is 17.9 Å². The average Bonchev–Trinajstić information content (AvgIpc) is 2.70. The van der Waals surface area contributed by atoms with Crippen molar-refractivity contribution >= 4 is 26.0 Å². The minimum atomic E-state index is -3.90. The topological polar surface area (TPSA) is 57.6 Å². The lowest BCUT2D eigenvalue weighted by atomic mass is 10.0. The molecular weight excluding hydrogens is 337 g/mol. The summed E-state index contributed by atoms with van der Waals surface area (Å²) in [5.41, 5.74) is 0. The number of aliphatic hydroxyl groups excluding tert-OH is 1. The van der Waals surface area contributed by atoms with Gasteiger partial charge in [-0.25, -0.2) is 12.8 Å². The molecule has 1 aromatic rings. The van der Waals surface area contributed by atoms with Crippen molar-refractivity contribution in [2.24, 2.45) is 5.92 Å². The molecular formula is C12H15BrFNO3S. The van der Waals surface area contributed by atoms with E-state index in [4.69, 9.17) is 0 Å². The van der Waals surface area contributed by atoms with Crippen LogP contribution >= 0.6 is 15.9 Å². The minimum Gasteiger partial charge on any atom is -0.395 e. The third kappa shape index (κ3) is 2.69. The summed E-state index contributed by atoms with van der Waals surface area (Å²) in [4.78, 5) is -0.344. The van der Waals surface area contributed by atoms with Crippen molar-refractivity contribution in [1.82, 2.24) is 4.31 Å². The summed E-state index contributed by atoms with van der Waals surface area (Å²) in [6.45, 7) is 1.94. The Balaban J connectivity index is 2.42. The first kappa shape index (κ1) is 14.9. The molecule has 2 rings (SSSR count). The highest BCUT2D eigenvalue weighted by Gasteiger charge is 2.40. The van der Waals surface area contributed by atoms with E-state index in [-0.39, 0.29) is 17.4 Å². The van der Waals surface area contributed by atoms with Gasteiger partial charge in [0.15, 0.2) is 0 Å². The van der Waals surface area contributed by atoms with Crippen LogP contribution in [-0.4, -0.2) is 37.0 Å². The zero-order valence-corrected chi connectivity index (χ0v) is 12.8. The quantitative estimate of drug-likeness (QED) is 0.905. The Morgan fingerprint density at radius 1 is 1.53 bits per heavy atom. The zero-order valence-electron chi connectivity index (χ0n) is 10.4. The van der Waals surface area contributed by atoms with Crippen molar-refractivity contribution in [2.75, 3.05) is 13.2 Å². The summed E-state index contributed by atoms with van der Waals surface area (Å²) in [7, 11) is -3.90. The summed E-state index contributed by atoms with van der Waals surface area (Å²) < 4.78 is 40.4. The van der Waals surface area contributed by atoms with Gasteiger partial charge in [-0.15, -0.1) is 0 Å². The predicted molar refractivity (Wildman–Crippen MR) is 72.6 cm³/mol. The molecule has 0 aliphatic carbocycles. The number of rotatable bonds is 3. The van der Waals surface area contributed by atoms with Gasteiger partial charge in [0.05, 0.1) is 12.6 Å². The molecule has 1 fully saturated rings. The Labute approximate surface area is 120 Å². The molecule has 4 nitrogen and oxygen atoms in total. The van der Waals surface area contributed by atoms with Gasteiger partial charge in [0, 0.05) is 11.0 Å². The molecule has 0 aromatic heterocycles. The highest BCUT2D eigenvalue weighted by molar-refractivity contribution is 9.10. The molecule has 1 heterocycles. The van der Waals surface area contributed by atoms with E-state index in [1.807, 2.05) is 6.92 Å². The molecule has 0 spiro atoms. The maximum atomic E-state index is 13.8. The number of sulfonamides is 1. The molecule has 0 saturated carbocycles. The smallest absolute Gasteiger partial charge is 0.246 e. The van der Waals surface area contributed by atoms with Crippen LogP contribution in [0.5, 0.6) is 0 Å². The van der Waals surface area contributed by atoms with E-state index in [1.54, 1.807) is 0 Å². The predicted octanol–water partition coefficient (Wildman–Crippen LogP) is 1.98. The molecule has 19 heavy (non-hydrogen) atoms. The summed E-state index contributed by atoms with van der Waals surface area (Å²) in [5, 5.41) is 9.32. The SMILES string of the molecule is CC1CCN(S(=O)(=O)c2ccc(Br)cc2F)C1CO. The van der Waals surface area contributed by atoms with Gasteiger partial charge in [-0.1, -0.05) is 22.9 Å². The summed E-state index contributed by atoms with van der Waals surface area (Å²) >= 11 is 3.09. The first-order valence-corrected chi connectivity index (χ1v) is 8.19. The van der Waals surface area contributed by atoms with Crippen molar-refractivity contribution in [1.29, 1.82) is 0 Å². The lowest BCUT2D eigenvalue weighted by Crippen LogP contribution is -2.40. The van der Waals surface area contributed by atoms with E-state index in [9.17, 15) is 17.9 Å². The van der Waals surface area contributed by atoms with E-state index in [0.717, 1.165) is 6.07 Å². The first-order chi connectivity index (χ1) is 8.87. The van der Waals surface area contributed by atoms with Gasteiger partial charge in [-0.3, -0.25) is 0 Å². The minimum absolute atomic E-state index is 0.0679. The van der Waals surface area contributed by atoms with Crippen LogP contribution in [0.15, 0.2) is 27.6 Å². The van der Waals surface area contributed by atoms with Crippen molar-refractivity contribution in [3.63, 3.8) is 0 Å². The van der Waals surface area contributed by atoms with E-state index in [2.05, 4.69) is 15.9 Å². The Bertz CT molecular complexity index is 578. The van der Waals surface area contributed by atoms with Crippen LogP contribution < -0.4 is 0 Å². The first-order valence-electron chi connectivity index (χ1n) is 5.95. The van der Waals surface area contributed by atoms with Gasteiger partial charge < -0.3 is 5.11 Å². The fourth-order valence-electron chi connectivity index (χ4n) is 2.35. The summed E-state index contributed by atoms with van der Waals surface area (Å²) in [6.07, 6.45) is 0.669. The lowest BCUT2D eigenvalue weighted by molar-refractivity contribution is 0.191. The van der Waals surface area contributed by atoms with Gasteiger partial charge in [0.2, 0.25) is 10.0 Å². The van der Waals surface area contributed by atoms with Crippen LogP contribution in [0.2, 0.25) is 0 Å². The van der Waals surface area contributed by atoms with Gasteiger partial charge in [-0.05, 0) is 30.5 Å². The monoisotopic (exact) mass is 351 g/mol. The molecule has 1 N–H and O–H groups in total. The van der Waals surface area contributed by atoms with Crippen LogP contribution in [0.3, 0.4) is 0 Å². The number of nitrogens with zero attached hydrogens (tertiary/aromatic N) is 1. The van der Waals surface area contributed by atoms with Gasteiger partial charge >= 0.3 is 0 Å². The Hall–Kier alpha value is -0.500. The Morgan fingerprint density at radius 3 is 2.79 bits per heavy atom. The normalized spacial score (nSPS) is 24.8. The average molecular weight is 352 g/mol. The van der Waals surface area contributed by atoms with E-state index in [0.29, 0.717) is 17.4 Å². The maximum absolute atomic E-state index is 13.8. The summed E-state index contributed by atoms with van der Waals surface area (Å²) in [5.74, 6) is -0.719. The molecule has 106 valence electrons. The molecule has 1 aliphatic rings. The summed E-state index contributed by atoms with van der Waals surface area (Å²) in [6, 6.07) is 3.38. The molecule has 1 saturated heterocycles. The molecule has 7 heteroatoms. The van der Waals surface area contributed by atoms with Crippen molar-refractivity contribution in [2.45, 2.75) is 24.3 Å². The van der Waals surface area contributed by atoms with E-state index >= 15 is 0 Å². The largest absolute Gasteiger partial charge is 0.395 e. The van der Waals surface area contributed by atoms with Gasteiger partial charge in [0.25, 0.3) is 0 Å². The van der Waals surface area contributed by atoms with Gasteiger partial charge in [-0.2, -0.15) is 4.31 Å². The third-order valence-electron chi connectivity index (χ3n) is 3.50. The second-order valence-corrected chi connectivity index (χ2v) is 7.48.